The van der Waals surface area contributed by atoms with Crippen LogP contribution in [0.1, 0.15) is 36.0 Å². The number of piperidine rings is 1. The minimum absolute atomic E-state index is 0.145. The molecule has 0 bridgehead atoms. The minimum Gasteiger partial charge on any atom is -0.483 e. The number of rotatable bonds is 6. The van der Waals surface area contributed by atoms with E-state index >= 15 is 0 Å². The first-order valence-corrected chi connectivity index (χ1v) is 11.3. The summed E-state index contributed by atoms with van der Waals surface area (Å²) in [6, 6.07) is 10.7. The van der Waals surface area contributed by atoms with E-state index in [1.54, 1.807) is 12.1 Å². The van der Waals surface area contributed by atoms with Gasteiger partial charge in [0.2, 0.25) is 10.0 Å². The molecule has 0 radical (unpaired) electrons. The van der Waals surface area contributed by atoms with Crippen molar-refractivity contribution < 1.29 is 17.9 Å². The van der Waals surface area contributed by atoms with Crippen LogP contribution in [0.4, 0.5) is 5.69 Å². The Morgan fingerprint density at radius 3 is 2.31 bits per heavy atom. The van der Waals surface area contributed by atoms with Crippen LogP contribution in [0.5, 0.6) is 5.75 Å². The van der Waals surface area contributed by atoms with E-state index in [9.17, 15) is 13.2 Å². The number of nitrogens with one attached hydrogen (secondary N) is 1. The number of sulfonamides is 1. The van der Waals surface area contributed by atoms with Crippen molar-refractivity contribution >= 4 is 21.6 Å². The maximum absolute atomic E-state index is 12.9. The van der Waals surface area contributed by atoms with Crippen LogP contribution < -0.4 is 10.1 Å². The molecule has 2 aromatic rings. The highest BCUT2D eigenvalue weighted by Crippen LogP contribution is 2.26. The van der Waals surface area contributed by atoms with Crippen molar-refractivity contribution in [1.29, 1.82) is 0 Å². The summed E-state index contributed by atoms with van der Waals surface area (Å²) in [4.78, 5) is 12.6. The first-order chi connectivity index (χ1) is 13.8. The highest BCUT2D eigenvalue weighted by molar-refractivity contribution is 7.89. The van der Waals surface area contributed by atoms with Gasteiger partial charge in [0, 0.05) is 18.8 Å². The summed E-state index contributed by atoms with van der Waals surface area (Å²) in [6.07, 6.45) is 2.82. The van der Waals surface area contributed by atoms with Crippen molar-refractivity contribution in [2.24, 2.45) is 0 Å². The van der Waals surface area contributed by atoms with Gasteiger partial charge in [-0.25, -0.2) is 8.42 Å². The Morgan fingerprint density at radius 2 is 1.66 bits per heavy atom. The van der Waals surface area contributed by atoms with E-state index in [1.807, 2.05) is 39.0 Å². The predicted octanol–water partition coefficient (Wildman–Crippen LogP) is 3.80. The largest absolute Gasteiger partial charge is 0.483 e. The first-order valence-electron chi connectivity index (χ1n) is 9.89. The van der Waals surface area contributed by atoms with Crippen molar-refractivity contribution in [1.82, 2.24) is 4.31 Å². The second-order valence-corrected chi connectivity index (χ2v) is 9.44. The zero-order valence-electron chi connectivity index (χ0n) is 17.2. The summed E-state index contributed by atoms with van der Waals surface area (Å²) in [7, 11) is -3.55. The molecule has 0 unspecified atom stereocenters. The number of para-hydroxylation sites is 1. The highest BCUT2D eigenvalue weighted by atomic mass is 32.2. The summed E-state index contributed by atoms with van der Waals surface area (Å²) in [6.45, 7) is 6.63. The van der Waals surface area contributed by atoms with Gasteiger partial charge in [-0.1, -0.05) is 30.7 Å². The molecular weight excluding hydrogens is 388 g/mol. The van der Waals surface area contributed by atoms with Crippen LogP contribution in [0.15, 0.2) is 41.3 Å². The predicted molar refractivity (Wildman–Crippen MR) is 114 cm³/mol. The molecule has 1 aliphatic rings. The number of amides is 1. The van der Waals surface area contributed by atoms with Crippen LogP contribution in [0.2, 0.25) is 0 Å². The molecule has 0 atom stereocenters. The number of carbonyl (C=O) groups excluding carboxylic acids is 1. The van der Waals surface area contributed by atoms with E-state index in [-0.39, 0.29) is 17.4 Å². The maximum atomic E-state index is 12.9. The molecule has 1 amide bonds. The number of benzene rings is 2. The molecule has 1 heterocycles. The van der Waals surface area contributed by atoms with Gasteiger partial charge in [-0.3, -0.25) is 4.79 Å². The Bertz CT molecular complexity index is 976. The molecule has 7 heteroatoms. The Hall–Kier alpha value is -2.38. The Balaban J connectivity index is 1.72. The molecule has 29 heavy (non-hydrogen) atoms. The second-order valence-electron chi connectivity index (χ2n) is 7.50. The normalized spacial score (nSPS) is 15.1. The van der Waals surface area contributed by atoms with Crippen molar-refractivity contribution in [3.05, 3.63) is 53.1 Å². The van der Waals surface area contributed by atoms with Gasteiger partial charge < -0.3 is 10.1 Å². The average Bonchev–Trinajstić information content (AvgIpc) is 2.70. The van der Waals surface area contributed by atoms with Gasteiger partial charge in [0.05, 0.1) is 4.90 Å². The third-order valence-electron chi connectivity index (χ3n) is 5.19. The number of anilines is 1. The molecule has 1 fully saturated rings. The average molecular weight is 417 g/mol. The van der Waals surface area contributed by atoms with Gasteiger partial charge in [-0.2, -0.15) is 4.31 Å². The SMILES string of the molecule is Cc1ccc(S(=O)(=O)N2CCCCC2)cc1NC(=O)COc1c(C)cccc1C. The quantitative estimate of drug-likeness (QED) is 0.777. The lowest BCUT2D eigenvalue weighted by Crippen LogP contribution is -2.35. The molecule has 0 aromatic heterocycles. The molecule has 1 saturated heterocycles. The summed E-state index contributed by atoms with van der Waals surface area (Å²) >= 11 is 0. The van der Waals surface area contributed by atoms with Crippen LogP contribution in [-0.4, -0.2) is 38.3 Å². The molecule has 0 saturated carbocycles. The molecule has 0 aliphatic carbocycles. The summed E-state index contributed by atoms with van der Waals surface area (Å²) < 4.78 is 33.0. The molecule has 6 nitrogen and oxygen atoms in total. The zero-order valence-corrected chi connectivity index (χ0v) is 18.0. The third-order valence-corrected chi connectivity index (χ3v) is 7.09. The first kappa shape index (κ1) is 21.3. The van der Waals surface area contributed by atoms with E-state index in [0.717, 1.165) is 36.0 Å². The van der Waals surface area contributed by atoms with Crippen molar-refractivity contribution in [2.75, 3.05) is 25.0 Å². The Kier molecular flexibility index (Phi) is 6.59. The molecular formula is C22H28N2O4S. The van der Waals surface area contributed by atoms with E-state index in [2.05, 4.69) is 5.32 Å². The molecule has 156 valence electrons. The Morgan fingerprint density at radius 1 is 1.00 bits per heavy atom. The fraction of sp³-hybridized carbons (Fsp3) is 0.409. The zero-order chi connectivity index (χ0) is 21.0. The van der Waals surface area contributed by atoms with Gasteiger partial charge in [-0.15, -0.1) is 0 Å². The molecule has 3 rings (SSSR count). The number of aryl methyl sites for hydroxylation is 3. The van der Waals surface area contributed by atoms with Crippen LogP contribution >= 0.6 is 0 Å². The lowest BCUT2D eigenvalue weighted by Gasteiger charge is -2.26. The molecule has 1 N–H and O–H groups in total. The number of ether oxygens (including phenoxy) is 1. The summed E-state index contributed by atoms with van der Waals surface area (Å²) in [5, 5.41) is 2.79. The van der Waals surface area contributed by atoms with Crippen LogP contribution in [0.25, 0.3) is 0 Å². The number of hydrogen-bond acceptors (Lipinski definition) is 4. The Labute approximate surface area is 172 Å². The van der Waals surface area contributed by atoms with E-state index in [0.29, 0.717) is 24.5 Å². The highest BCUT2D eigenvalue weighted by Gasteiger charge is 2.26. The topological polar surface area (TPSA) is 75.7 Å². The molecule has 0 spiro atoms. The number of hydrogen-bond donors (Lipinski definition) is 1. The molecule has 1 aliphatic heterocycles. The van der Waals surface area contributed by atoms with Gasteiger partial charge >= 0.3 is 0 Å². The van der Waals surface area contributed by atoms with Gasteiger partial charge in [-0.05, 0) is 62.4 Å². The van der Waals surface area contributed by atoms with Crippen molar-refractivity contribution in [2.45, 2.75) is 44.9 Å². The summed E-state index contributed by atoms with van der Waals surface area (Å²) in [5.41, 5.74) is 3.20. The minimum atomic E-state index is -3.55. The van der Waals surface area contributed by atoms with Crippen LogP contribution in [0.3, 0.4) is 0 Å². The van der Waals surface area contributed by atoms with Gasteiger partial charge in [0.15, 0.2) is 6.61 Å². The standard InChI is InChI=1S/C22H28N2O4S/c1-16-10-11-19(29(26,27)24-12-5-4-6-13-24)14-20(16)23-21(25)15-28-22-17(2)8-7-9-18(22)3/h7-11,14H,4-6,12-13,15H2,1-3H3,(H,23,25). The van der Waals surface area contributed by atoms with Gasteiger partial charge in [0.25, 0.3) is 5.91 Å². The fourth-order valence-electron chi connectivity index (χ4n) is 3.50. The van der Waals surface area contributed by atoms with E-state index in [1.165, 1.54) is 10.4 Å². The number of carbonyl (C=O) groups is 1. The number of nitrogens with zero attached hydrogens (tertiary/aromatic N) is 1. The van der Waals surface area contributed by atoms with Crippen LogP contribution in [0, 0.1) is 20.8 Å². The summed E-state index contributed by atoms with van der Waals surface area (Å²) in [5.74, 6) is 0.365. The molecule has 2 aromatic carbocycles. The monoisotopic (exact) mass is 416 g/mol. The van der Waals surface area contributed by atoms with Crippen molar-refractivity contribution in [3.63, 3.8) is 0 Å². The smallest absolute Gasteiger partial charge is 0.262 e. The van der Waals surface area contributed by atoms with Gasteiger partial charge in [0.1, 0.15) is 5.75 Å². The lowest BCUT2D eigenvalue weighted by molar-refractivity contribution is -0.118. The lowest BCUT2D eigenvalue weighted by atomic mass is 10.1. The van der Waals surface area contributed by atoms with Crippen LogP contribution in [-0.2, 0) is 14.8 Å². The van der Waals surface area contributed by atoms with Crippen molar-refractivity contribution in [3.8, 4) is 5.75 Å². The van der Waals surface area contributed by atoms with E-state index in [4.69, 9.17) is 4.74 Å². The maximum Gasteiger partial charge on any atom is 0.262 e. The second kappa shape index (κ2) is 8.97. The van der Waals surface area contributed by atoms with E-state index < -0.39 is 10.0 Å². The third kappa shape index (κ3) is 4.97. The fourth-order valence-corrected chi connectivity index (χ4v) is 5.05.